The van der Waals surface area contributed by atoms with E-state index in [1.165, 1.54) is 64.2 Å². The molecule has 0 aliphatic heterocycles. The van der Waals surface area contributed by atoms with E-state index in [4.69, 9.17) is 14.5 Å². The van der Waals surface area contributed by atoms with Crippen LogP contribution in [0.5, 0.6) is 0 Å². The zero-order valence-electron chi connectivity index (χ0n) is 18.0. The Balaban J connectivity index is 3.36. The van der Waals surface area contributed by atoms with Crippen LogP contribution in [0.25, 0.3) is 0 Å². The number of ether oxygens (including phenoxy) is 1. The number of carbonyl (C=O) groups is 1. The van der Waals surface area contributed by atoms with Crippen molar-refractivity contribution in [3.8, 4) is 0 Å². The van der Waals surface area contributed by atoms with Gasteiger partial charge in [-0.2, -0.15) is 0 Å². The molecule has 29 heavy (non-hydrogen) atoms. The van der Waals surface area contributed by atoms with Gasteiger partial charge < -0.3 is 19.6 Å². The summed E-state index contributed by atoms with van der Waals surface area (Å²) < 4.78 is 19.5. The molecule has 0 bridgehead atoms. The molecule has 3 N–H and O–H groups in total. The molecular weight excluding hydrogens is 395 g/mol. The minimum Gasteiger partial charge on any atom is -0.463 e. The highest BCUT2D eigenvalue weighted by atomic mass is 31.2. The molecule has 0 unspecified atom stereocenters. The first-order valence-electron chi connectivity index (χ1n) is 11.0. The van der Waals surface area contributed by atoms with E-state index in [0.29, 0.717) is 0 Å². The summed E-state index contributed by atoms with van der Waals surface area (Å²) in [5.74, 6) is -0.415. The lowest BCUT2D eigenvalue weighted by atomic mass is 10.1. The third-order valence-corrected chi connectivity index (χ3v) is 5.00. The molecule has 1 atom stereocenters. The van der Waals surface area contributed by atoms with Crippen LogP contribution in [0.1, 0.15) is 96.8 Å². The number of unbranched alkanes of at least 4 members (excludes halogenated alkanes) is 11. The molecule has 0 radical (unpaired) electrons. The molecule has 0 aromatic heterocycles. The average molecular weight is 437 g/mol. The fourth-order valence-electron chi connectivity index (χ4n) is 2.83. The summed E-state index contributed by atoms with van der Waals surface area (Å²) in [6.07, 6.45) is 19.0. The van der Waals surface area contributed by atoms with Crippen LogP contribution in [-0.2, 0) is 18.6 Å². The third kappa shape index (κ3) is 23.4. The molecule has 0 aliphatic rings. The van der Waals surface area contributed by atoms with E-state index in [1.54, 1.807) is 0 Å². The van der Waals surface area contributed by atoms with Crippen LogP contribution >= 0.6 is 7.82 Å². The van der Waals surface area contributed by atoms with Crippen LogP contribution in [0.3, 0.4) is 0 Å². The van der Waals surface area contributed by atoms with E-state index >= 15 is 0 Å². The summed E-state index contributed by atoms with van der Waals surface area (Å²) in [5.41, 5.74) is 0. The van der Waals surface area contributed by atoms with E-state index in [2.05, 4.69) is 23.6 Å². The van der Waals surface area contributed by atoms with Crippen molar-refractivity contribution < 1.29 is 33.5 Å². The predicted octanol–water partition coefficient (Wildman–Crippen LogP) is 5.04. The van der Waals surface area contributed by atoms with Gasteiger partial charge in [-0.1, -0.05) is 70.4 Å². The van der Waals surface area contributed by atoms with Crippen molar-refractivity contribution >= 4 is 13.8 Å². The van der Waals surface area contributed by atoms with Gasteiger partial charge in [0.05, 0.1) is 6.61 Å². The first-order valence-corrected chi connectivity index (χ1v) is 12.6. The Labute approximate surface area is 176 Å². The van der Waals surface area contributed by atoms with Crippen LogP contribution in [-0.4, -0.2) is 40.2 Å². The van der Waals surface area contributed by atoms with Crippen molar-refractivity contribution in [2.45, 2.75) is 103 Å². The quantitative estimate of drug-likeness (QED) is 0.106. The van der Waals surface area contributed by atoms with Crippen molar-refractivity contribution in [3.63, 3.8) is 0 Å². The van der Waals surface area contributed by atoms with Gasteiger partial charge in [0.25, 0.3) is 0 Å². The number of allylic oxidation sites excluding steroid dienone is 2. The lowest BCUT2D eigenvalue weighted by molar-refractivity contribution is -0.147. The molecular formula is C21H41O7P. The van der Waals surface area contributed by atoms with Gasteiger partial charge in [0, 0.05) is 6.42 Å². The lowest BCUT2D eigenvalue weighted by Gasteiger charge is -2.12. The van der Waals surface area contributed by atoms with Gasteiger partial charge in [-0.15, -0.1) is 0 Å². The Hall–Kier alpha value is -0.720. The van der Waals surface area contributed by atoms with Gasteiger partial charge in [0.15, 0.2) is 0 Å². The Bertz CT molecular complexity index is 462. The zero-order chi connectivity index (χ0) is 21.8. The summed E-state index contributed by atoms with van der Waals surface area (Å²) in [5, 5.41) is 9.42. The van der Waals surface area contributed by atoms with Gasteiger partial charge in [-0.05, 0) is 32.1 Å². The summed E-state index contributed by atoms with van der Waals surface area (Å²) in [4.78, 5) is 28.6. The average Bonchev–Trinajstić information content (AvgIpc) is 2.67. The molecule has 0 aliphatic carbocycles. The molecule has 0 amide bonds. The molecule has 0 aromatic rings. The highest BCUT2D eigenvalue weighted by Crippen LogP contribution is 2.35. The van der Waals surface area contributed by atoms with Crippen LogP contribution in [0, 0.1) is 0 Å². The number of hydrogen-bond donors (Lipinski definition) is 3. The summed E-state index contributed by atoms with van der Waals surface area (Å²) >= 11 is 0. The van der Waals surface area contributed by atoms with E-state index in [9.17, 15) is 14.5 Å². The molecule has 0 spiro atoms. The second-order valence-corrected chi connectivity index (χ2v) is 8.70. The van der Waals surface area contributed by atoms with E-state index < -0.39 is 26.5 Å². The Morgan fingerprint density at radius 3 is 1.93 bits per heavy atom. The fourth-order valence-corrected chi connectivity index (χ4v) is 3.20. The topological polar surface area (TPSA) is 113 Å². The largest absolute Gasteiger partial charge is 0.469 e. The van der Waals surface area contributed by atoms with Gasteiger partial charge >= 0.3 is 13.8 Å². The number of hydrogen-bond acceptors (Lipinski definition) is 5. The molecule has 0 rings (SSSR count). The summed E-state index contributed by atoms with van der Waals surface area (Å²) in [6.45, 7) is 1.33. The Morgan fingerprint density at radius 2 is 1.38 bits per heavy atom. The van der Waals surface area contributed by atoms with Crippen molar-refractivity contribution in [2.75, 3.05) is 13.2 Å². The first-order chi connectivity index (χ1) is 13.8. The molecule has 172 valence electrons. The number of esters is 1. The van der Waals surface area contributed by atoms with Gasteiger partial charge in [-0.3, -0.25) is 9.32 Å². The monoisotopic (exact) mass is 436 g/mol. The number of aliphatic hydroxyl groups excluding tert-OH is 1. The lowest BCUT2D eigenvalue weighted by Crippen LogP contribution is -2.23. The van der Waals surface area contributed by atoms with Crippen LogP contribution in [0.2, 0.25) is 0 Å². The minimum absolute atomic E-state index is 0.287. The second kappa shape index (κ2) is 19.3. The number of rotatable bonds is 20. The maximum atomic E-state index is 11.5. The third-order valence-electron chi connectivity index (χ3n) is 4.51. The van der Waals surface area contributed by atoms with Gasteiger partial charge in [0.1, 0.15) is 12.7 Å². The molecule has 7 nitrogen and oxygen atoms in total. The minimum atomic E-state index is -4.62. The van der Waals surface area contributed by atoms with E-state index in [-0.39, 0.29) is 13.0 Å². The molecule has 0 heterocycles. The predicted molar refractivity (Wildman–Crippen MR) is 114 cm³/mol. The standard InChI is InChI=1S/C21H41O7P/c1-2-3-4-5-6-7-8-9-10-11-12-13-14-15-16-17-21(23)27-18-20(22)19-28-29(24,25)26/h7-8,20,22H,2-6,9-19H2,1H3,(H2,24,25,26)/b8-7+/t20-/m1/s1. The van der Waals surface area contributed by atoms with Gasteiger partial charge in [-0.25, -0.2) is 4.57 Å². The zero-order valence-corrected chi connectivity index (χ0v) is 18.9. The van der Waals surface area contributed by atoms with E-state index in [0.717, 1.165) is 19.3 Å². The van der Waals surface area contributed by atoms with Crippen LogP contribution in [0.15, 0.2) is 12.2 Å². The molecule has 0 aromatic carbocycles. The number of phosphoric ester groups is 1. The highest BCUT2D eigenvalue weighted by Gasteiger charge is 2.17. The number of carbonyl (C=O) groups excluding carboxylic acids is 1. The SMILES string of the molecule is CCCCCC/C=C/CCCCCCCCCC(=O)OC[C@@H](O)COP(=O)(O)O. The highest BCUT2D eigenvalue weighted by molar-refractivity contribution is 7.46. The second-order valence-electron chi connectivity index (χ2n) is 7.46. The maximum absolute atomic E-state index is 11.5. The normalized spacial score (nSPS) is 13.1. The van der Waals surface area contributed by atoms with Crippen LogP contribution in [0.4, 0.5) is 0 Å². The maximum Gasteiger partial charge on any atom is 0.469 e. The van der Waals surface area contributed by atoms with Crippen LogP contribution < -0.4 is 0 Å². The molecule has 8 heteroatoms. The van der Waals surface area contributed by atoms with Crippen molar-refractivity contribution in [1.29, 1.82) is 0 Å². The first kappa shape index (κ1) is 28.3. The summed E-state index contributed by atoms with van der Waals surface area (Å²) in [7, 11) is -4.62. The van der Waals surface area contributed by atoms with Crippen molar-refractivity contribution in [2.24, 2.45) is 0 Å². The van der Waals surface area contributed by atoms with Crippen molar-refractivity contribution in [1.82, 2.24) is 0 Å². The number of phosphoric acid groups is 1. The smallest absolute Gasteiger partial charge is 0.463 e. The fraction of sp³-hybridized carbons (Fsp3) is 0.857. The number of aliphatic hydroxyl groups is 1. The van der Waals surface area contributed by atoms with Gasteiger partial charge in [0.2, 0.25) is 0 Å². The Morgan fingerprint density at radius 1 is 0.862 bits per heavy atom. The molecule has 0 fully saturated rings. The summed E-state index contributed by atoms with van der Waals surface area (Å²) in [6, 6.07) is 0. The van der Waals surface area contributed by atoms with E-state index in [1.807, 2.05) is 0 Å². The molecule has 0 saturated carbocycles. The molecule has 0 saturated heterocycles. The Kier molecular flexibility index (Phi) is 18.8. The van der Waals surface area contributed by atoms with Crippen molar-refractivity contribution in [3.05, 3.63) is 12.2 Å².